The van der Waals surface area contributed by atoms with Crippen molar-refractivity contribution in [2.24, 2.45) is 4.99 Å². The fourth-order valence-electron chi connectivity index (χ4n) is 1.37. The van der Waals surface area contributed by atoms with Gasteiger partial charge in [0.25, 0.3) is 0 Å². The van der Waals surface area contributed by atoms with Crippen LogP contribution in [0.1, 0.15) is 18.5 Å². The second-order valence-corrected chi connectivity index (χ2v) is 3.54. The van der Waals surface area contributed by atoms with Gasteiger partial charge in [0.05, 0.1) is 12.2 Å². The summed E-state index contributed by atoms with van der Waals surface area (Å²) in [6, 6.07) is 0. The van der Waals surface area contributed by atoms with Gasteiger partial charge in [0.2, 0.25) is 0 Å². The van der Waals surface area contributed by atoms with Gasteiger partial charge in [-0.25, -0.2) is 0 Å². The van der Waals surface area contributed by atoms with Crippen LogP contribution in [0.3, 0.4) is 0 Å². The third kappa shape index (κ3) is 4.72. The van der Waals surface area contributed by atoms with Crippen LogP contribution < -0.4 is 5.32 Å². The van der Waals surface area contributed by atoms with E-state index in [1.54, 1.807) is 6.20 Å². The second kappa shape index (κ2) is 7.62. The van der Waals surface area contributed by atoms with Crippen molar-refractivity contribution in [3.63, 3.8) is 0 Å². The molecule has 5 heteroatoms. The summed E-state index contributed by atoms with van der Waals surface area (Å²) < 4.78 is 1.84. The molecule has 1 aromatic rings. The number of aryl methyl sites for hydroxylation is 1. The van der Waals surface area contributed by atoms with Gasteiger partial charge in [-0.15, -0.1) is 5.10 Å². The Morgan fingerprint density at radius 3 is 3.12 bits per heavy atom. The fraction of sp³-hybridized carbons (Fsp3) is 0.545. The maximum Gasteiger partial charge on any atom is 0.0827 e. The maximum atomic E-state index is 4.11. The van der Waals surface area contributed by atoms with Gasteiger partial charge in [-0.2, -0.15) is 0 Å². The molecule has 1 aromatic heterocycles. The predicted molar refractivity (Wildman–Crippen MR) is 65.6 cm³/mol. The van der Waals surface area contributed by atoms with E-state index in [1.807, 2.05) is 10.9 Å². The van der Waals surface area contributed by atoms with Gasteiger partial charge in [0.1, 0.15) is 0 Å². The molecule has 0 aliphatic heterocycles. The number of aromatic nitrogens is 3. The smallest absolute Gasteiger partial charge is 0.0827 e. The first-order chi connectivity index (χ1) is 7.86. The maximum absolute atomic E-state index is 4.11. The molecule has 0 spiro atoms. The van der Waals surface area contributed by atoms with Gasteiger partial charge in [0, 0.05) is 19.3 Å². The van der Waals surface area contributed by atoms with Crippen LogP contribution in [-0.4, -0.2) is 34.8 Å². The molecule has 1 N–H and O–H groups in total. The number of rotatable bonds is 9. The third-order valence-corrected chi connectivity index (χ3v) is 2.21. The molecule has 0 unspecified atom stereocenters. The zero-order valence-corrected chi connectivity index (χ0v) is 9.60. The number of nitrogens with zero attached hydrogens (tertiary/aromatic N) is 4. The topological polar surface area (TPSA) is 55.1 Å². The summed E-state index contributed by atoms with van der Waals surface area (Å²) in [7, 11) is 0. The molecule has 0 saturated carbocycles. The minimum Gasteiger partial charge on any atom is -0.390 e. The lowest BCUT2D eigenvalue weighted by molar-refractivity contribution is 0.574. The van der Waals surface area contributed by atoms with E-state index in [0.717, 1.165) is 44.6 Å². The molecule has 0 aromatic carbocycles. The van der Waals surface area contributed by atoms with E-state index in [4.69, 9.17) is 0 Å². The number of nitrogens with one attached hydrogen (secondary N) is 1. The van der Waals surface area contributed by atoms with Gasteiger partial charge in [-0.1, -0.05) is 11.8 Å². The summed E-state index contributed by atoms with van der Waals surface area (Å²) in [6.45, 7) is 9.51. The van der Waals surface area contributed by atoms with E-state index in [1.165, 1.54) is 0 Å². The summed E-state index contributed by atoms with van der Waals surface area (Å²) in [5.41, 5.74) is 1.04. The highest BCUT2D eigenvalue weighted by atomic mass is 15.4. The molecule has 0 amide bonds. The molecule has 1 rings (SSSR count). The van der Waals surface area contributed by atoms with Gasteiger partial charge in [-0.3, -0.25) is 4.68 Å². The highest BCUT2D eigenvalue weighted by Crippen LogP contribution is 2.00. The van der Waals surface area contributed by atoms with E-state index < -0.39 is 0 Å². The molecule has 88 valence electrons. The Balaban J connectivity index is 2.22. The van der Waals surface area contributed by atoms with Crippen molar-refractivity contribution in [1.29, 1.82) is 0 Å². The van der Waals surface area contributed by atoms with Crippen molar-refractivity contribution in [1.82, 2.24) is 20.3 Å². The molecule has 5 nitrogen and oxygen atoms in total. The van der Waals surface area contributed by atoms with Crippen LogP contribution in [-0.2, 0) is 13.0 Å². The molecule has 0 radical (unpaired) electrons. The van der Waals surface area contributed by atoms with Crippen LogP contribution in [0.2, 0.25) is 0 Å². The molecule has 0 aliphatic rings. The number of aliphatic imine (C=N–C) groups is 1. The Bertz CT molecular complexity index is 318. The third-order valence-electron chi connectivity index (χ3n) is 2.21. The second-order valence-electron chi connectivity index (χ2n) is 3.54. The van der Waals surface area contributed by atoms with Crippen molar-refractivity contribution < 1.29 is 0 Å². The van der Waals surface area contributed by atoms with E-state index in [-0.39, 0.29) is 0 Å². The normalized spacial score (nSPS) is 10.0. The average molecular weight is 221 g/mol. The molecular weight excluding hydrogens is 202 g/mol. The van der Waals surface area contributed by atoms with Crippen LogP contribution in [0.5, 0.6) is 0 Å². The number of unbranched alkanes of at least 4 members (excludes halogenated alkanes) is 1. The molecule has 1 heterocycles. The Morgan fingerprint density at radius 1 is 1.50 bits per heavy atom. The lowest BCUT2D eigenvalue weighted by atomic mass is 10.2. The Labute approximate surface area is 96.3 Å². The van der Waals surface area contributed by atoms with Crippen molar-refractivity contribution in [2.75, 3.05) is 13.1 Å². The average Bonchev–Trinajstić information content (AvgIpc) is 2.73. The summed E-state index contributed by atoms with van der Waals surface area (Å²) in [6.07, 6.45) is 6.79. The lowest BCUT2D eigenvalue weighted by Crippen LogP contribution is -2.14. The SMILES string of the molecule is C=CNCCn1cc(CCCCN=C)nn1. The molecule has 0 saturated heterocycles. The minimum atomic E-state index is 0.813. The Morgan fingerprint density at radius 2 is 2.38 bits per heavy atom. The zero-order chi connectivity index (χ0) is 11.6. The lowest BCUT2D eigenvalue weighted by Gasteiger charge is -1.99. The first-order valence-electron chi connectivity index (χ1n) is 5.52. The highest BCUT2D eigenvalue weighted by molar-refractivity contribution is 5.22. The van der Waals surface area contributed by atoms with Crippen LogP contribution in [0.25, 0.3) is 0 Å². The number of hydrogen-bond acceptors (Lipinski definition) is 4. The molecule has 0 aliphatic carbocycles. The van der Waals surface area contributed by atoms with E-state index in [0.29, 0.717) is 0 Å². The van der Waals surface area contributed by atoms with Crippen LogP contribution >= 0.6 is 0 Å². The fourth-order valence-corrected chi connectivity index (χ4v) is 1.37. The molecule has 0 atom stereocenters. The first-order valence-corrected chi connectivity index (χ1v) is 5.52. The number of hydrogen-bond donors (Lipinski definition) is 1. The minimum absolute atomic E-state index is 0.813. The van der Waals surface area contributed by atoms with Crippen LogP contribution in [0.4, 0.5) is 0 Å². The largest absolute Gasteiger partial charge is 0.390 e. The van der Waals surface area contributed by atoms with E-state index in [2.05, 4.69) is 33.9 Å². The summed E-state index contributed by atoms with van der Waals surface area (Å²) in [4.78, 5) is 3.81. The molecule has 0 bridgehead atoms. The van der Waals surface area contributed by atoms with Gasteiger partial charge in [-0.05, 0) is 32.2 Å². The van der Waals surface area contributed by atoms with Crippen LogP contribution in [0, 0.1) is 0 Å². The Kier molecular flexibility index (Phi) is 5.91. The molecule has 16 heavy (non-hydrogen) atoms. The summed E-state index contributed by atoms with van der Waals surface area (Å²) in [5, 5.41) is 11.2. The van der Waals surface area contributed by atoms with Gasteiger partial charge >= 0.3 is 0 Å². The first kappa shape index (κ1) is 12.4. The van der Waals surface area contributed by atoms with Gasteiger partial charge < -0.3 is 10.3 Å². The molecular formula is C11H19N5. The highest BCUT2D eigenvalue weighted by Gasteiger charge is 1.99. The summed E-state index contributed by atoms with van der Waals surface area (Å²) in [5.74, 6) is 0. The van der Waals surface area contributed by atoms with Crippen molar-refractivity contribution in [2.45, 2.75) is 25.8 Å². The van der Waals surface area contributed by atoms with Crippen LogP contribution in [0.15, 0.2) is 24.0 Å². The molecule has 0 fully saturated rings. The monoisotopic (exact) mass is 221 g/mol. The summed E-state index contributed by atoms with van der Waals surface area (Å²) >= 11 is 0. The van der Waals surface area contributed by atoms with Crippen molar-refractivity contribution in [3.8, 4) is 0 Å². The van der Waals surface area contributed by atoms with E-state index in [9.17, 15) is 0 Å². The van der Waals surface area contributed by atoms with Gasteiger partial charge in [0.15, 0.2) is 0 Å². The predicted octanol–water partition coefficient (Wildman–Crippen LogP) is 1.03. The standard InChI is InChI=1S/C11H19N5/c1-3-13-8-9-16-10-11(14-15-16)6-4-5-7-12-2/h3,10,13H,1-2,4-9H2. The van der Waals surface area contributed by atoms with Crippen molar-refractivity contribution >= 4 is 6.72 Å². The van der Waals surface area contributed by atoms with E-state index >= 15 is 0 Å². The Hall–Kier alpha value is -1.65. The van der Waals surface area contributed by atoms with Crippen molar-refractivity contribution in [3.05, 3.63) is 24.7 Å². The quantitative estimate of drug-likeness (QED) is 0.500. The zero-order valence-electron chi connectivity index (χ0n) is 9.60.